The first-order valence-corrected chi connectivity index (χ1v) is 7.42. The molecule has 1 aromatic carbocycles. The van der Waals surface area contributed by atoms with Gasteiger partial charge in [0.2, 0.25) is 0 Å². The molecule has 24 heavy (non-hydrogen) atoms. The maximum Gasteiger partial charge on any atom is 0.337 e. The Morgan fingerprint density at radius 3 is 2.42 bits per heavy atom. The minimum absolute atomic E-state index is 0.0118. The topological polar surface area (TPSA) is 88.5 Å². The fourth-order valence-electron chi connectivity index (χ4n) is 2.55. The van der Waals surface area contributed by atoms with E-state index in [2.05, 4.69) is 10.3 Å². The third-order valence-corrected chi connectivity index (χ3v) is 3.90. The van der Waals surface area contributed by atoms with E-state index in [1.54, 1.807) is 14.0 Å². The molecule has 1 aromatic heterocycles. The molecule has 0 fully saturated rings. The smallest absolute Gasteiger partial charge is 0.337 e. The maximum absolute atomic E-state index is 12.6. The lowest BCUT2D eigenvalue weighted by Crippen LogP contribution is -2.41. The normalized spacial score (nSPS) is 11.0. The number of aromatic nitrogens is 1. The third-order valence-electron chi connectivity index (χ3n) is 3.90. The minimum Gasteiger partial charge on any atom is -0.496 e. The van der Waals surface area contributed by atoms with Crippen LogP contribution >= 0.6 is 0 Å². The van der Waals surface area contributed by atoms with E-state index in [4.69, 9.17) is 9.84 Å². The summed E-state index contributed by atoms with van der Waals surface area (Å²) in [5.74, 6) is -0.838. The number of carboxylic acid groups (broad SMARTS) is 1. The first kappa shape index (κ1) is 17.5. The van der Waals surface area contributed by atoms with Gasteiger partial charge < -0.3 is 15.2 Å². The summed E-state index contributed by atoms with van der Waals surface area (Å²) in [6.07, 6.45) is 2.61. The van der Waals surface area contributed by atoms with Crippen molar-refractivity contribution >= 4 is 11.9 Å². The second-order valence-electron chi connectivity index (χ2n) is 5.94. The summed E-state index contributed by atoms with van der Waals surface area (Å²) in [5.41, 5.74) is 0.734. The van der Waals surface area contributed by atoms with Gasteiger partial charge in [-0.15, -0.1) is 0 Å². The Labute approximate surface area is 140 Å². The first-order chi connectivity index (χ1) is 11.3. The number of nitrogens with zero attached hydrogens (tertiary/aromatic N) is 1. The van der Waals surface area contributed by atoms with E-state index in [1.807, 2.05) is 38.1 Å². The predicted octanol–water partition coefficient (Wildman–Crippen LogP) is 2.76. The fraction of sp³-hybridized carbons (Fsp3) is 0.278. The Balaban J connectivity index is 2.35. The summed E-state index contributed by atoms with van der Waals surface area (Å²) in [6, 6.07) is 7.41. The van der Waals surface area contributed by atoms with Crippen molar-refractivity contribution < 1.29 is 19.4 Å². The van der Waals surface area contributed by atoms with E-state index in [9.17, 15) is 9.59 Å². The van der Waals surface area contributed by atoms with Gasteiger partial charge in [0.1, 0.15) is 5.75 Å². The number of carboxylic acids is 1. The van der Waals surface area contributed by atoms with Crippen LogP contribution in [0.15, 0.2) is 36.7 Å². The number of rotatable bonds is 5. The van der Waals surface area contributed by atoms with E-state index in [-0.39, 0.29) is 17.0 Å². The second-order valence-corrected chi connectivity index (χ2v) is 5.94. The van der Waals surface area contributed by atoms with Crippen LogP contribution in [-0.2, 0) is 5.54 Å². The molecule has 2 N–H and O–H groups in total. The van der Waals surface area contributed by atoms with E-state index < -0.39 is 11.5 Å². The number of hydrogen-bond donors (Lipinski definition) is 2. The summed E-state index contributed by atoms with van der Waals surface area (Å²) in [7, 11) is 1.57. The van der Waals surface area contributed by atoms with Crippen molar-refractivity contribution in [2.24, 2.45) is 0 Å². The summed E-state index contributed by atoms with van der Waals surface area (Å²) in [5, 5.41) is 12.1. The van der Waals surface area contributed by atoms with Gasteiger partial charge in [0.05, 0.1) is 23.8 Å². The standard InChI is InChI=1S/C18H20N2O4/c1-11-12(9-19-10-13(11)17(22)23)16(21)20-18(2,3)14-7-5-6-8-15(14)24-4/h5-10H,1-4H3,(H,20,21)(H,22,23). The van der Waals surface area contributed by atoms with Crippen molar-refractivity contribution in [2.75, 3.05) is 7.11 Å². The van der Waals surface area contributed by atoms with Crippen molar-refractivity contribution in [1.29, 1.82) is 0 Å². The number of hydrogen-bond acceptors (Lipinski definition) is 4. The van der Waals surface area contributed by atoms with Gasteiger partial charge in [-0.2, -0.15) is 0 Å². The Morgan fingerprint density at radius 2 is 1.79 bits per heavy atom. The molecule has 1 amide bonds. The third kappa shape index (κ3) is 3.37. The molecule has 6 heteroatoms. The summed E-state index contributed by atoms with van der Waals surface area (Å²) in [6.45, 7) is 5.30. The number of pyridine rings is 1. The number of carbonyl (C=O) groups excluding carboxylic acids is 1. The van der Waals surface area contributed by atoms with Crippen LogP contribution in [0.4, 0.5) is 0 Å². The molecule has 0 saturated heterocycles. The molecule has 0 radical (unpaired) electrons. The lowest BCUT2D eigenvalue weighted by Gasteiger charge is -2.28. The highest BCUT2D eigenvalue weighted by molar-refractivity contribution is 5.99. The van der Waals surface area contributed by atoms with Crippen LogP contribution in [0, 0.1) is 6.92 Å². The molecular formula is C18H20N2O4. The highest BCUT2D eigenvalue weighted by Crippen LogP contribution is 2.29. The molecule has 0 spiro atoms. The monoisotopic (exact) mass is 328 g/mol. The average molecular weight is 328 g/mol. The number of methoxy groups -OCH3 is 1. The molecule has 2 aromatic rings. The molecule has 6 nitrogen and oxygen atoms in total. The molecule has 0 aliphatic rings. The van der Waals surface area contributed by atoms with Gasteiger partial charge in [-0.05, 0) is 32.4 Å². The SMILES string of the molecule is COc1ccccc1C(C)(C)NC(=O)c1cncc(C(=O)O)c1C. The zero-order chi connectivity index (χ0) is 17.9. The molecule has 0 aliphatic carbocycles. The Hall–Kier alpha value is -2.89. The van der Waals surface area contributed by atoms with Gasteiger partial charge in [-0.1, -0.05) is 18.2 Å². The predicted molar refractivity (Wildman–Crippen MR) is 89.4 cm³/mol. The van der Waals surface area contributed by atoms with Crippen LogP contribution in [0.2, 0.25) is 0 Å². The van der Waals surface area contributed by atoms with Crippen molar-refractivity contribution in [1.82, 2.24) is 10.3 Å². The number of ether oxygens (including phenoxy) is 1. The number of nitrogens with one attached hydrogen (secondary N) is 1. The lowest BCUT2D eigenvalue weighted by atomic mass is 9.92. The van der Waals surface area contributed by atoms with Crippen molar-refractivity contribution in [3.05, 3.63) is 58.9 Å². The Morgan fingerprint density at radius 1 is 1.17 bits per heavy atom. The Kier molecular flexibility index (Phi) is 4.87. The second kappa shape index (κ2) is 6.70. The van der Waals surface area contributed by atoms with E-state index in [0.29, 0.717) is 11.3 Å². The Bertz CT molecular complexity index is 784. The van der Waals surface area contributed by atoms with Crippen LogP contribution in [0.1, 0.15) is 45.7 Å². The van der Waals surface area contributed by atoms with Crippen molar-refractivity contribution in [3.63, 3.8) is 0 Å². The van der Waals surface area contributed by atoms with E-state index in [0.717, 1.165) is 5.56 Å². The van der Waals surface area contributed by atoms with Crippen LogP contribution in [0.5, 0.6) is 5.75 Å². The highest BCUT2D eigenvalue weighted by Gasteiger charge is 2.28. The summed E-state index contributed by atoms with van der Waals surface area (Å²) >= 11 is 0. The van der Waals surface area contributed by atoms with Crippen LogP contribution in [0.3, 0.4) is 0 Å². The number of amides is 1. The van der Waals surface area contributed by atoms with Gasteiger partial charge in [0.25, 0.3) is 5.91 Å². The maximum atomic E-state index is 12.6. The quantitative estimate of drug-likeness (QED) is 0.881. The van der Waals surface area contributed by atoms with Crippen molar-refractivity contribution in [3.8, 4) is 5.75 Å². The molecule has 126 valence electrons. The lowest BCUT2D eigenvalue weighted by molar-refractivity contribution is 0.0695. The van der Waals surface area contributed by atoms with Crippen molar-refractivity contribution in [2.45, 2.75) is 26.3 Å². The molecule has 0 unspecified atom stereocenters. The molecule has 0 aliphatic heterocycles. The van der Waals surface area contributed by atoms with Gasteiger partial charge >= 0.3 is 5.97 Å². The number of para-hydroxylation sites is 1. The molecule has 0 bridgehead atoms. The molecule has 2 rings (SSSR count). The van der Waals surface area contributed by atoms with Crippen LogP contribution in [-0.4, -0.2) is 29.1 Å². The van der Waals surface area contributed by atoms with E-state index >= 15 is 0 Å². The van der Waals surface area contributed by atoms with Gasteiger partial charge in [0, 0.05) is 18.0 Å². The van der Waals surface area contributed by atoms with Gasteiger partial charge in [0.15, 0.2) is 0 Å². The van der Waals surface area contributed by atoms with E-state index in [1.165, 1.54) is 12.4 Å². The fourth-order valence-corrected chi connectivity index (χ4v) is 2.55. The minimum atomic E-state index is -1.11. The zero-order valence-corrected chi connectivity index (χ0v) is 14.1. The summed E-state index contributed by atoms with van der Waals surface area (Å²) in [4.78, 5) is 27.7. The zero-order valence-electron chi connectivity index (χ0n) is 14.1. The molecule has 0 saturated carbocycles. The van der Waals surface area contributed by atoms with Gasteiger partial charge in [-0.3, -0.25) is 9.78 Å². The van der Waals surface area contributed by atoms with Gasteiger partial charge in [-0.25, -0.2) is 4.79 Å². The molecular weight excluding hydrogens is 308 g/mol. The number of aromatic carboxylic acids is 1. The molecule has 0 atom stereocenters. The largest absolute Gasteiger partial charge is 0.496 e. The number of benzene rings is 1. The molecule has 1 heterocycles. The first-order valence-electron chi connectivity index (χ1n) is 7.42. The summed E-state index contributed by atoms with van der Waals surface area (Å²) < 4.78 is 5.35. The van der Waals surface area contributed by atoms with Crippen LogP contribution in [0.25, 0.3) is 0 Å². The highest BCUT2D eigenvalue weighted by atomic mass is 16.5. The number of carbonyl (C=O) groups is 2. The average Bonchev–Trinajstić information content (AvgIpc) is 2.54. The van der Waals surface area contributed by atoms with Crippen LogP contribution < -0.4 is 10.1 Å².